The number of nitrogens with zero attached hydrogens (tertiary/aromatic N) is 7. The number of nitrogens with two attached hydrogens (primary N) is 2. The van der Waals surface area contributed by atoms with Crippen LogP contribution in [0.1, 0.15) is 47.1 Å². The summed E-state index contributed by atoms with van der Waals surface area (Å²) in [6.45, 7) is 2.14. The number of aromatic nitrogens is 7. The van der Waals surface area contributed by atoms with Gasteiger partial charge in [0.15, 0.2) is 11.5 Å². The summed E-state index contributed by atoms with van der Waals surface area (Å²) in [5.74, 6) is 5.31. The molecule has 0 radical (unpaired) electrons. The average molecular weight is 760 g/mol. The lowest BCUT2D eigenvalue weighted by Crippen LogP contribution is -2.35. The number of fused-ring (bicyclic) bond motifs is 3. The summed E-state index contributed by atoms with van der Waals surface area (Å²) in [6, 6.07) is 24.4. The molecule has 2 atom stereocenters. The number of aryl methyl sites for hydroxylation is 1. The summed E-state index contributed by atoms with van der Waals surface area (Å²) in [5.41, 5.74) is 16.6. The van der Waals surface area contributed by atoms with Crippen LogP contribution in [-0.2, 0) is 29.5 Å². The van der Waals surface area contributed by atoms with Gasteiger partial charge in [0.05, 0.1) is 29.7 Å². The lowest BCUT2D eigenvalue weighted by atomic mass is 10.0. The van der Waals surface area contributed by atoms with E-state index in [2.05, 4.69) is 32.3 Å². The molecule has 0 saturated carbocycles. The lowest BCUT2D eigenvalue weighted by molar-refractivity contribution is -0.145. The van der Waals surface area contributed by atoms with E-state index in [1.165, 1.54) is 4.52 Å². The molecule has 0 fully saturated rings. The topological polar surface area (TPSA) is 182 Å². The van der Waals surface area contributed by atoms with E-state index in [0.717, 1.165) is 16.5 Å². The molecule has 8 rings (SSSR count). The predicted molar refractivity (Wildman–Crippen MR) is 217 cm³/mol. The summed E-state index contributed by atoms with van der Waals surface area (Å²) in [5, 5.41) is 13.6. The number of nitrogens with one attached hydrogen (secondary N) is 1. The SMILES string of the molecule is [2H]Cn1cc(C[C@H](N)C(=O)OCCn2cc(C#Cc3cccc4cc([C@H](C)NC(=O)c5c(N)nn6cccnc56)n(-c5ccccc5)c(=O)c34)cn2)c2ccccc21. The van der Waals surface area contributed by atoms with E-state index in [-0.39, 0.29) is 43.5 Å². The molecule has 0 aliphatic rings. The van der Waals surface area contributed by atoms with Crippen LogP contribution in [0.3, 0.4) is 0 Å². The molecule has 5 N–H and O–H groups in total. The number of rotatable bonds is 10. The van der Waals surface area contributed by atoms with Gasteiger partial charge in [0.2, 0.25) is 0 Å². The number of carbonyl (C=O) groups excluding carboxylic acids is 2. The Bertz CT molecular complexity index is 2960. The number of para-hydroxylation sites is 2. The third kappa shape index (κ3) is 7.22. The molecule has 0 unspecified atom stereocenters. The van der Waals surface area contributed by atoms with E-state index >= 15 is 0 Å². The Kier molecular flexibility index (Phi) is 9.47. The first kappa shape index (κ1) is 35.2. The fourth-order valence-corrected chi connectivity index (χ4v) is 6.96. The van der Waals surface area contributed by atoms with Crippen molar-refractivity contribution in [2.45, 2.75) is 32.0 Å². The number of hydrogen-bond donors (Lipinski definition) is 3. The second-order valence-corrected chi connectivity index (χ2v) is 13.5. The molecule has 14 nitrogen and oxygen atoms in total. The molecule has 57 heavy (non-hydrogen) atoms. The first-order valence-corrected chi connectivity index (χ1v) is 18.2. The Labute approximate surface area is 327 Å². The van der Waals surface area contributed by atoms with Gasteiger partial charge >= 0.3 is 5.97 Å². The summed E-state index contributed by atoms with van der Waals surface area (Å²) in [7, 11) is 0.0661. The zero-order chi connectivity index (χ0) is 40.3. The van der Waals surface area contributed by atoms with Gasteiger partial charge in [0, 0.05) is 67.5 Å². The van der Waals surface area contributed by atoms with Crippen LogP contribution in [0, 0.1) is 11.8 Å². The normalized spacial score (nSPS) is 12.6. The molecule has 0 spiro atoms. The number of amides is 1. The zero-order valence-electron chi connectivity index (χ0n) is 31.9. The van der Waals surface area contributed by atoms with Crippen LogP contribution >= 0.6 is 0 Å². The molecule has 0 aliphatic carbocycles. The minimum atomic E-state index is -0.866. The van der Waals surface area contributed by atoms with Crippen LogP contribution in [-0.4, -0.2) is 58.0 Å². The number of carbonyl (C=O) groups is 2. The van der Waals surface area contributed by atoms with Gasteiger partial charge in [-0.05, 0) is 54.3 Å². The number of benzene rings is 3. The molecule has 5 heterocycles. The largest absolute Gasteiger partial charge is 0.463 e. The van der Waals surface area contributed by atoms with Crippen LogP contribution in [0.4, 0.5) is 5.82 Å². The molecule has 8 aromatic rings. The summed E-state index contributed by atoms with van der Waals surface area (Å²) in [4.78, 5) is 45.1. The summed E-state index contributed by atoms with van der Waals surface area (Å²) >= 11 is 0. The van der Waals surface area contributed by atoms with Crippen LogP contribution in [0.5, 0.6) is 0 Å². The van der Waals surface area contributed by atoms with Gasteiger partial charge < -0.3 is 26.1 Å². The number of pyridine rings is 1. The van der Waals surface area contributed by atoms with E-state index in [1.54, 1.807) is 53.1 Å². The molecular formula is C43H38N10O4. The highest BCUT2D eigenvalue weighted by atomic mass is 16.5. The van der Waals surface area contributed by atoms with E-state index in [1.807, 2.05) is 83.6 Å². The van der Waals surface area contributed by atoms with Crippen LogP contribution < -0.4 is 22.3 Å². The zero-order valence-corrected chi connectivity index (χ0v) is 30.9. The van der Waals surface area contributed by atoms with Crippen molar-refractivity contribution in [2.75, 3.05) is 12.3 Å². The Balaban J connectivity index is 0.992. The molecule has 284 valence electrons. The van der Waals surface area contributed by atoms with Gasteiger partial charge in [-0.25, -0.2) is 9.50 Å². The van der Waals surface area contributed by atoms with Crippen molar-refractivity contribution < 1.29 is 15.7 Å². The van der Waals surface area contributed by atoms with Crippen molar-refractivity contribution in [1.82, 2.24) is 38.8 Å². The first-order valence-electron chi connectivity index (χ1n) is 18.9. The lowest BCUT2D eigenvalue weighted by Gasteiger charge is -2.21. The maximum Gasteiger partial charge on any atom is 0.323 e. The average Bonchev–Trinajstić information content (AvgIpc) is 3.94. The van der Waals surface area contributed by atoms with Crippen LogP contribution in [0.15, 0.2) is 121 Å². The highest BCUT2D eigenvalue weighted by Crippen LogP contribution is 2.25. The van der Waals surface area contributed by atoms with Gasteiger partial charge in [-0.2, -0.15) is 5.10 Å². The Morgan fingerprint density at radius 2 is 1.84 bits per heavy atom. The van der Waals surface area contributed by atoms with Crippen molar-refractivity contribution in [3.63, 3.8) is 0 Å². The first-order chi connectivity index (χ1) is 28.2. The summed E-state index contributed by atoms with van der Waals surface area (Å²) < 4.78 is 19.7. The van der Waals surface area contributed by atoms with Gasteiger partial charge in [0.25, 0.3) is 11.5 Å². The second kappa shape index (κ2) is 15.3. The third-order valence-corrected chi connectivity index (χ3v) is 9.68. The van der Waals surface area contributed by atoms with Gasteiger partial charge in [-0.1, -0.05) is 60.4 Å². The Hall–Kier alpha value is -7.50. The van der Waals surface area contributed by atoms with Crippen molar-refractivity contribution in [3.05, 3.63) is 154 Å². The quantitative estimate of drug-likeness (QED) is 0.135. The minimum Gasteiger partial charge on any atom is -0.463 e. The third-order valence-electron chi connectivity index (χ3n) is 9.68. The smallest absolute Gasteiger partial charge is 0.323 e. The van der Waals surface area contributed by atoms with E-state index < -0.39 is 24.0 Å². The number of nitrogen functional groups attached to an aromatic ring is 1. The molecule has 5 aromatic heterocycles. The van der Waals surface area contributed by atoms with Gasteiger partial charge in [-0.3, -0.25) is 23.6 Å². The predicted octanol–water partition coefficient (Wildman–Crippen LogP) is 4.31. The maximum atomic E-state index is 14.5. The summed E-state index contributed by atoms with van der Waals surface area (Å²) in [6.07, 6.45) is 8.69. The van der Waals surface area contributed by atoms with E-state index in [4.69, 9.17) is 17.6 Å². The van der Waals surface area contributed by atoms with E-state index in [0.29, 0.717) is 38.9 Å². The maximum absolute atomic E-state index is 14.5. The van der Waals surface area contributed by atoms with Gasteiger partial charge in [-0.15, -0.1) is 5.10 Å². The number of hydrogen-bond acceptors (Lipinski definition) is 9. The molecule has 1 amide bonds. The molecule has 0 bridgehead atoms. The molecular weight excluding hydrogens is 721 g/mol. The minimum absolute atomic E-state index is 0.0401. The number of anilines is 1. The van der Waals surface area contributed by atoms with Crippen LogP contribution in [0.25, 0.3) is 33.0 Å². The fraction of sp³-hybridized carbons (Fsp3) is 0.163. The Morgan fingerprint density at radius 1 is 1.02 bits per heavy atom. The second-order valence-electron chi connectivity index (χ2n) is 13.5. The molecule has 3 aromatic carbocycles. The number of ether oxygens (including phenoxy) is 1. The van der Waals surface area contributed by atoms with Crippen molar-refractivity contribution in [1.29, 1.82) is 0 Å². The molecule has 0 aliphatic heterocycles. The monoisotopic (exact) mass is 759 g/mol. The van der Waals surface area contributed by atoms with Crippen molar-refractivity contribution in [2.24, 2.45) is 12.8 Å². The Morgan fingerprint density at radius 3 is 2.68 bits per heavy atom. The fourth-order valence-electron chi connectivity index (χ4n) is 6.96. The van der Waals surface area contributed by atoms with E-state index in [9.17, 15) is 14.4 Å². The molecule has 14 heteroatoms. The standard InChI is InChI=1S/C43H38N10O4/c1-27(48-41(54)38-39(45)49-52-19-9-18-46-40(38)52)36-23-30-11-8-10-29(37(30)42(55)53(36)32-12-4-3-5-13-32)17-16-28-24-47-51(25-28)20-21-57-43(56)34(44)22-31-26-50(2)35-15-7-6-14-33(31)35/h3-15,18-19,23-27,34H,20-22,44H2,1-2H3,(H2,45,49)(H,48,54)/t27-,34-/m0/s1/i2D. The van der Waals surface area contributed by atoms with Gasteiger partial charge in [0.1, 0.15) is 18.2 Å². The van der Waals surface area contributed by atoms with Crippen molar-refractivity contribution >= 4 is 45.0 Å². The van der Waals surface area contributed by atoms with Crippen LogP contribution in [0.2, 0.25) is 0 Å². The van der Waals surface area contributed by atoms with Crippen molar-refractivity contribution in [3.8, 4) is 17.5 Å². The molecule has 0 saturated heterocycles. The number of esters is 1. The highest BCUT2D eigenvalue weighted by molar-refractivity contribution is 6.04. The highest BCUT2D eigenvalue weighted by Gasteiger charge is 2.24.